The number of carbonyl (C=O) groups excluding carboxylic acids is 1. The highest BCUT2D eigenvalue weighted by Crippen LogP contribution is 2.69. The van der Waals surface area contributed by atoms with E-state index in [1.54, 1.807) is 6.92 Å². The maximum absolute atomic E-state index is 14.1. The largest absolute Gasteiger partial charge is 0.394 e. The van der Waals surface area contributed by atoms with E-state index >= 15 is 0 Å². The Balaban J connectivity index is 1.17. The lowest BCUT2D eigenvalue weighted by molar-refractivity contribution is -0.362. The second-order valence-electron chi connectivity index (χ2n) is 21.1. The third-order valence-electron chi connectivity index (χ3n) is 17.1. The molecule has 26 atom stereocenters. The second-order valence-corrected chi connectivity index (χ2v) is 21.1. The van der Waals surface area contributed by atoms with Crippen LogP contribution in [0.4, 0.5) is 0 Å². The number of ketones is 1. The van der Waals surface area contributed by atoms with Gasteiger partial charge < -0.3 is 79.5 Å². The van der Waals surface area contributed by atoms with Crippen LogP contribution in [0.3, 0.4) is 0 Å². The van der Waals surface area contributed by atoms with Gasteiger partial charge in [-0.3, -0.25) is 4.79 Å². The van der Waals surface area contributed by atoms with Gasteiger partial charge in [0.05, 0.1) is 37.1 Å². The highest BCUT2D eigenvalue weighted by Gasteiger charge is 2.66. The van der Waals surface area contributed by atoms with E-state index in [4.69, 9.17) is 28.4 Å². The third-order valence-corrected chi connectivity index (χ3v) is 17.1. The highest BCUT2D eigenvalue weighted by atomic mass is 16.7. The smallest absolute Gasteiger partial charge is 0.187 e. The van der Waals surface area contributed by atoms with Crippen molar-refractivity contribution in [3.8, 4) is 0 Å². The Hall–Kier alpha value is -0.970. The molecule has 0 bridgehead atoms. The quantitative estimate of drug-likeness (QED) is 0.125. The zero-order valence-corrected chi connectivity index (χ0v) is 37.3. The van der Waals surface area contributed by atoms with E-state index in [2.05, 4.69) is 27.7 Å². The van der Waals surface area contributed by atoms with E-state index in [-0.39, 0.29) is 35.4 Å². The number of rotatable bonds is 12. The molecule has 7 fully saturated rings. The first kappa shape index (κ1) is 48.9. The van der Waals surface area contributed by atoms with Crippen LogP contribution < -0.4 is 0 Å². The van der Waals surface area contributed by atoms with Crippen LogP contribution in [0.25, 0.3) is 0 Å². The van der Waals surface area contributed by atoms with Crippen LogP contribution in [0.5, 0.6) is 0 Å². The lowest BCUT2D eigenvalue weighted by Crippen LogP contribution is -2.64. The van der Waals surface area contributed by atoms with Gasteiger partial charge in [0, 0.05) is 24.7 Å². The van der Waals surface area contributed by atoms with Crippen LogP contribution in [-0.4, -0.2) is 174 Å². The van der Waals surface area contributed by atoms with Gasteiger partial charge in [-0.05, 0) is 99.2 Å². The highest BCUT2D eigenvalue weighted by molar-refractivity contribution is 5.81. The van der Waals surface area contributed by atoms with Crippen molar-refractivity contribution in [1.82, 2.24) is 0 Å². The fourth-order valence-corrected chi connectivity index (χ4v) is 13.5. The molecule has 0 aromatic carbocycles. The van der Waals surface area contributed by atoms with Crippen molar-refractivity contribution in [2.24, 2.45) is 52.3 Å². The van der Waals surface area contributed by atoms with Crippen molar-refractivity contribution in [1.29, 1.82) is 0 Å². The molecule has 4 aliphatic carbocycles. The summed E-state index contributed by atoms with van der Waals surface area (Å²) in [6.45, 7) is 13.0. The molecular formula is C45H76O17. The van der Waals surface area contributed by atoms with Crippen LogP contribution >= 0.6 is 0 Å². The van der Waals surface area contributed by atoms with Gasteiger partial charge >= 0.3 is 0 Å². The molecule has 3 heterocycles. The van der Waals surface area contributed by atoms with Crippen molar-refractivity contribution >= 4 is 5.78 Å². The molecule has 358 valence electrons. The van der Waals surface area contributed by atoms with E-state index in [1.165, 1.54) is 6.92 Å². The Labute approximate surface area is 365 Å². The fraction of sp³-hybridized carbons (Fsp3) is 0.978. The molecule has 0 aromatic heterocycles. The molecule has 0 aromatic rings. The molecular weight excluding hydrogens is 812 g/mol. The predicted octanol–water partition coefficient (Wildman–Crippen LogP) is 0.117. The number of aliphatic hydroxyl groups is 10. The van der Waals surface area contributed by atoms with Gasteiger partial charge in [-0.2, -0.15) is 0 Å². The standard InChI is InChI=1S/C45H76O17/c1-18(2)8-11-27(48)19(3)31-28(59-43-39(56)40(34(51)29(17-46)60-43)62-42-38(55)36(53)33(50)21(5)58-42)16-26-24-10-9-22-14-23(47)15-30(45(22,7)25(24)12-13-44(26,31)6)61-41-37(54)35(52)32(49)20(4)57-41/h18-26,28-43,46-47,49-56H,8-17H2,1-7H3. The summed E-state index contributed by atoms with van der Waals surface area (Å²) in [4.78, 5) is 14.1. The number of carbonyl (C=O) groups is 1. The lowest BCUT2D eigenvalue weighted by Gasteiger charge is -2.63. The molecule has 62 heavy (non-hydrogen) atoms. The number of Topliss-reactive ketones (excluding diaryl/α,β-unsaturated/α-hetero) is 1. The maximum Gasteiger partial charge on any atom is 0.187 e. The summed E-state index contributed by atoms with van der Waals surface area (Å²) in [6.07, 6.45) is -17.0. The summed E-state index contributed by atoms with van der Waals surface area (Å²) in [6, 6.07) is 0. The van der Waals surface area contributed by atoms with Crippen molar-refractivity contribution in [2.75, 3.05) is 6.61 Å². The molecule has 0 amide bonds. The van der Waals surface area contributed by atoms with E-state index in [1.807, 2.05) is 6.92 Å². The summed E-state index contributed by atoms with van der Waals surface area (Å²) in [5.74, 6) is 0.0887. The van der Waals surface area contributed by atoms with E-state index in [0.29, 0.717) is 31.6 Å². The molecule has 0 spiro atoms. The molecule has 3 saturated heterocycles. The van der Waals surface area contributed by atoms with Crippen LogP contribution in [0.1, 0.15) is 106 Å². The first-order valence-corrected chi connectivity index (χ1v) is 23.3. The van der Waals surface area contributed by atoms with Gasteiger partial charge in [-0.25, -0.2) is 0 Å². The molecule has 17 nitrogen and oxygen atoms in total. The van der Waals surface area contributed by atoms with E-state index in [9.17, 15) is 55.9 Å². The maximum atomic E-state index is 14.1. The van der Waals surface area contributed by atoms with Crippen LogP contribution in [0.15, 0.2) is 0 Å². The summed E-state index contributed by atoms with van der Waals surface area (Å²) < 4.78 is 37.0. The van der Waals surface area contributed by atoms with Gasteiger partial charge in [0.15, 0.2) is 18.9 Å². The van der Waals surface area contributed by atoms with Crippen LogP contribution in [-0.2, 0) is 33.2 Å². The number of ether oxygens (including phenoxy) is 6. The lowest BCUT2D eigenvalue weighted by atomic mass is 9.43. The normalized spacial score (nSPS) is 53.7. The van der Waals surface area contributed by atoms with Gasteiger partial charge in [0.2, 0.25) is 0 Å². The fourth-order valence-electron chi connectivity index (χ4n) is 13.5. The Kier molecular flexibility index (Phi) is 15.0. The average Bonchev–Trinajstić information content (AvgIpc) is 3.53. The minimum Gasteiger partial charge on any atom is -0.394 e. The SMILES string of the molecule is CC(C)CCC(=O)C(C)C1C(OC2OC(CO)C(O)C(OC3OC(C)C(O)C(O)C3O)C2O)CC2C3CCC4CC(O)CC(OC5OC(C)C(O)C(O)C5O)C4(C)C3CCC21C. The minimum atomic E-state index is -1.72. The second kappa shape index (κ2) is 19.0. The molecule has 7 aliphatic rings. The van der Waals surface area contributed by atoms with Gasteiger partial charge in [0.25, 0.3) is 0 Å². The molecule has 0 radical (unpaired) electrons. The van der Waals surface area contributed by atoms with Crippen molar-refractivity contribution < 1.29 is 84.3 Å². The zero-order chi connectivity index (χ0) is 45.3. The predicted molar refractivity (Wildman–Crippen MR) is 217 cm³/mol. The van der Waals surface area contributed by atoms with Crippen molar-refractivity contribution in [3.63, 3.8) is 0 Å². The molecule has 10 N–H and O–H groups in total. The average molecular weight is 889 g/mol. The Bertz CT molecular complexity index is 1520. The molecule has 4 saturated carbocycles. The van der Waals surface area contributed by atoms with E-state index < -0.39 is 134 Å². The van der Waals surface area contributed by atoms with Crippen LogP contribution in [0, 0.1) is 52.3 Å². The summed E-state index contributed by atoms with van der Waals surface area (Å²) in [5.41, 5.74) is -0.863. The zero-order valence-electron chi connectivity index (χ0n) is 37.3. The third kappa shape index (κ3) is 8.71. The molecule has 7 rings (SSSR count). The Morgan fingerprint density at radius 3 is 1.87 bits per heavy atom. The number of hydrogen-bond acceptors (Lipinski definition) is 17. The minimum absolute atomic E-state index is 0.0441. The number of aliphatic hydroxyl groups excluding tert-OH is 10. The van der Waals surface area contributed by atoms with E-state index in [0.717, 1.165) is 32.1 Å². The first-order chi connectivity index (χ1) is 29.1. The Morgan fingerprint density at radius 1 is 0.677 bits per heavy atom. The van der Waals surface area contributed by atoms with Crippen molar-refractivity contribution in [3.05, 3.63) is 0 Å². The molecule has 3 aliphatic heterocycles. The number of hydrogen-bond donors (Lipinski definition) is 10. The van der Waals surface area contributed by atoms with Crippen molar-refractivity contribution in [2.45, 2.75) is 217 Å². The Morgan fingerprint density at radius 2 is 1.27 bits per heavy atom. The number of fused-ring (bicyclic) bond motifs is 5. The van der Waals surface area contributed by atoms with Gasteiger partial charge in [-0.15, -0.1) is 0 Å². The summed E-state index contributed by atoms with van der Waals surface area (Å²) >= 11 is 0. The molecule has 26 unspecified atom stereocenters. The first-order valence-electron chi connectivity index (χ1n) is 23.3. The summed E-state index contributed by atoms with van der Waals surface area (Å²) in [5, 5.41) is 108. The summed E-state index contributed by atoms with van der Waals surface area (Å²) in [7, 11) is 0. The van der Waals surface area contributed by atoms with Gasteiger partial charge in [-0.1, -0.05) is 34.6 Å². The monoisotopic (exact) mass is 889 g/mol. The van der Waals surface area contributed by atoms with Gasteiger partial charge in [0.1, 0.15) is 66.8 Å². The van der Waals surface area contributed by atoms with Crippen LogP contribution in [0.2, 0.25) is 0 Å². The topological polar surface area (TPSA) is 275 Å². The molecule has 17 heteroatoms.